The second-order valence-corrected chi connectivity index (χ2v) is 4.29. The molecular formula is C12H13ClN2O5. The summed E-state index contributed by atoms with van der Waals surface area (Å²) in [5.41, 5.74) is -0.232. The third kappa shape index (κ3) is 3.92. The molecule has 1 rings (SSSR count). The number of carbonyl (C=O) groups excluding carboxylic acids is 2. The van der Waals surface area contributed by atoms with Crippen LogP contribution in [-0.2, 0) is 9.53 Å². The number of methoxy groups -OCH3 is 1. The van der Waals surface area contributed by atoms with E-state index in [1.165, 1.54) is 18.1 Å². The normalized spacial score (nSPS) is 9.95. The number of hydrogen-bond acceptors (Lipinski definition) is 5. The number of hydrogen-bond donors (Lipinski definition) is 0. The summed E-state index contributed by atoms with van der Waals surface area (Å²) < 4.78 is 4.49. The number of nitrogens with zero attached hydrogens (tertiary/aromatic N) is 2. The number of esters is 1. The van der Waals surface area contributed by atoms with Gasteiger partial charge in [0.25, 0.3) is 11.6 Å². The van der Waals surface area contributed by atoms with Gasteiger partial charge < -0.3 is 9.64 Å². The minimum Gasteiger partial charge on any atom is -0.468 e. The number of likely N-dealkylation sites (N-methyl/N-ethyl adjacent to an activating group) is 1. The molecule has 0 spiro atoms. The maximum Gasteiger partial charge on any atom is 0.325 e. The molecular weight excluding hydrogens is 288 g/mol. The van der Waals surface area contributed by atoms with Crippen molar-refractivity contribution in [3.05, 3.63) is 38.9 Å². The van der Waals surface area contributed by atoms with Crippen molar-refractivity contribution in [1.29, 1.82) is 0 Å². The van der Waals surface area contributed by atoms with Crippen LogP contribution in [0.25, 0.3) is 0 Å². The van der Waals surface area contributed by atoms with Crippen LogP contribution in [-0.4, -0.2) is 41.9 Å². The minimum absolute atomic E-state index is 0.0509. The molecule has 1 aromatic rings. The zero-order valence-corrected chi connectivity index (χ0v) is 11.7. The molecule has 1 amide bonds. The van der Waals surface area contributed by atoms with Gasteiger partial charge in [0, 0.05) is 29.3 Å². The predicted molar refractivity (Wildman–Crippen MR) is 71.7 cm³/mol. The molecule has 0 unspecified atom stereocenters. The Kier molecular flexibility index (Phi) is 5.45. The third-order valence-electron chi connectivity index (χ3n) is 2.56. The van der Waals surface area contributed by atoms with Crippen LogP contribution in [0.4, 0.5) is 5.69 Å². The molecule has 7 nitrogen and oxygen atoms in total. The zero-order valence-electron chi connectivity index (χ0n) is 11.0. The molecule has 0 bridgehead atoms. The summed E-state index contributed by atoms with van der Waals surface area (Å²) in [5.74, 6) is -1.10. The Labute approximate surface area is 120 Å². The number of ether oxygens (including phenoxy) is 1. The molecule has 0 fully saturated rings. The van der Waals surface area contributed by atoms with E-state index in [4.69, 9.17) is 11.6 Å². The average Bonchev–Trinajstić information content (AvgIpc) is 2.42. The summed E-state index contributed by atoms with van der Waals surface area (Å²) >= 11 is 5.75. The van der Waals surface area contributed by atoms with E-state index in [1.807, 2.05) is 0 Å². The van der Waals surface area contributed by atoms with Crippen molar-refractivity contribution in [3.63, 3.8) is 0 Å². The van der Waals surface area contributed by atoms with Gasteiger partial charge in [-0.05, 0) is 13.0 Å². The van der Waals surface area contributed by atoms with Crippen LogP contribution < -0.4 is 0 Å². The zero-order chi connectivity index (χ0) is 15.3. The van der Waals surface area contributed by atoms with E-state index in [9.17, 15) is 19.7 Å². The fourth-order valence-corrected chi connectivity index (χ4v) is 1.76. The van der Waals surface area contributed by atoms with E-state index < -0.39 is 16.8 Å². The average molecular weight is 301 g/mol. The number of rotatable bonds is 5. The first-order valence-corrected chi connectivity index (χ1v) is 6.08. The highest BCUT2D eigenvalue weighted by Gasteiger charge is 2.20. The van der Waals surface area contributed by atoms with Gasteiger partial charge in [-0.1, -0.05) is 11.6 Å². The fraction of sp³-hybridized carbons (Fsp3) is 0.333. The number of halogens is 1. The van der Waals surface area contributed by atoms with Gasteiger partial charge in [0.1, 0.15) is 6.54 Å². The van der Waals surface area contributed by atoms with Crippen molar-refractivity contribution >= 4 is 29.2 Å². The van der Waals surface area contributed by atoms with Crippen molar-refractivity contribution in [1.82, 2.24) is 4.90 Å². The number of benzene rings is 1. The van der Waals surface area contributed by atoms with Gasteiger partial charge in [-0.3, -0.25) is 19.7 Å². The molecule has 108 valence electrons. The Bertz CT molecular complexity index is 547. The highest BCUT2D eigenvalue weighted by atomic mass is 35.5. The summed E-state index contributed by atoms with van der Waals surface area (Å²) in [4.78, 5) is 34.7. The van der Waals surface area contributed by atoms with Gasteiger partial charge in [-0.2, -0.15) is 0 Å². The van der Waals surface area contributed by atoms with Gasteiger partial charge >= 0.3 is 5.97 Å². The highest BCUT2D eigenvalue weighted by molar-refractivity contribution is 6.31. The number of amides is 1. The third-order valence-corrected chi connectivity index (χ3v) is 2.78. The maximum absolute atomic E-state index is 12.2. The second-order valence-electron chi connectivity index (χ2n) is 3.85. The Hall–Kier alpha value is -2.15. The van der Waals surface area contributed by atoms with Crippen LogP contribution in [0.15, 0.2) is 18.2 Å². The molecule has 0 aliphatic heterocycles. The molecule has 0 aromatic heterocycles. The van der Waals surface area contributed by atoms with Crippen LogP contribution in [0.1, 0.15) is 17.3 Å². The van der Waals surface area contributed by atoms with Crippen molar-refractivity contribution in [2.75, 3.05) is 20.2 Å². The van der Waals surface area contributed by atoms with E-state index in [-0.39, 0.29) is 29.4 Å². The standard InChI is InChI=1S/C12H13ClN2O5/c1-3-14(7-11(16)20-2)12(17)8-4-9(13)6-10(5-8)15(18)19/h4-6H,3,7H2,1-2H3. The molecule has 20 heavy (non-hydrogen) atoms. The van der Waals surface area contributed by atoms with E-state index in [1.54, 1.807) is 6.92 Å². The number of carbonyl (C=O) groups is 2. The van der Waals surface area contributed by atoms with Crippen LogP contribution in [0.3, 0.4) is 0 Å². The van der Waals surface area contributed by atoms with Crippen molar-refractivity contribution in [3.8, 4) is 0 Å². The first kappa shape index (κ1) is 15.9. The molecule has 0 radical (unpaired) electrons. The van der Waals surface area contributed by atoms with Gasteiger partial charge in [-0.15, -0.1) is 0 Å². The molecule has 0 heterocycles. The lowest BCUT2D eigenvalue weighted by molar-refractivity contribution is -0.384. The number of non-ortho nitro benzene ring substituents is 1. The van der Waals surface area contributed by atoms with Gasteiger partial charge in [0.05, 0.1) is 12.0 Å². The van der Waals surface area contributed by atoms with Crippen LogP contribution in [0, 0.1) is 10.1 Å². The molecule has 0 atom stereocenters. The largest absolute Gasteiger partial charge is 0.468 e. The lowest BCUT2D eigenvalue weighted by atomic mass is 10.1. The molecule has 0 aliphatic carbocycles. The van der Waals surface area contributed by atoms with Crippen LogP contribution in [0.5, 0.6) is 0 Å². The van der Waals surface area contributed by atoms with Gasteiger partial charge in [0.15, 0.2) is 0 Å². The summed E-state index contributed by atoms with van der Waals surface area (Å²) in [6, 6.07) is 3.58. The molecule has 0 N–H and O–H groups in total. The molecule has 0 aliphatic rings. The summed E-state index contributed by atoms with van der Waals surface area (Å²) in [6.07, 6.45) is 0. The smallest absolute Gasteiger partial charge is 0.325 e. The Morgan fingerprint density at radius 3 is 2.55 bits per heavy atom. The minimum atomic E-state index is -0.640. The first-order chi connectivity index (χ1) is 9.38. The summed E-state index contributed by atoms with van der Waals surface area (Å²) in [5, 5.41) is 10.8. The summed E-state index contributed by atoms with van der Waals surface area (Å²) in [7, 11) is 1.21. The quantitative estimate of drug-likeness (QED) is 0.470. The Morgan fingerprint density at radius 1 is 1.40 bits per heavy atom. The van der Waals surface area contributed by atoms with E-state index in [0.717, 1.165) is 12.1 Å². The molecule has 1 aromatic carbocycles. The monoisotopic (exact) mass is 300 g/mol. The number of nitro benzene ring substituents is 1. The SMILES string of the molecule is CCN(CC(=O)OC)C(=O)c1cc(Cl)cc([N+](=O)[O-])c1. The van der Waals surface area contributed by atoms with Crippen molar-refractivity contribution in [2.45, 2.75) is 6.92 Å². The summed E-state index contributed by atoms with van der Waals surface area (Å²) in [6.45, 7) is 1.71. The van der Waals surface area contributed by atoms with Gasteiger partial charge in [0.2, 0.25) is 0 Å². The Balaban J connectivity index is 3.06. The fourth-order valence-electron chi connectivity index (χ4n) is 1.53. The molecule has 0 saturated heterocycles. The van der Waals surface area contributed by atoms with Gasteiger partial charge in [-0.25, -0.2) is 0 Å². The maximum atomic E-state index is 12.2. The van der Waals surface area contributed by atoms with E-state index >= 15 is 0 Å². The predicted octanol–water partition coefficient (Wildman–Crippen LogP) is 1.88. The van der Waals surface area contributed by atoms with Crippen molar-refractivity contribution < 1.29 is 19.2 Å². The first-order valence-electron chi connectivity index (χ1n) is 5.70. The topological polar surface area (TPSA) is 89.8 Å². The van der Waals surface area contributed by atoms with E-state index in [0.29, 0.717) is 0 Å². The van der Waals surface area contributed by atoms with E-state index in [2.05, 4.69) is 4.74 Å². The second kappa shape index (κ2) is 6.85. The molecule has 8 heteroatoms. The lowest BCUT2D eigenvalue weighted by Gasteiger charge is -2.19. The molecule has 0 saturated carbocycles. The van der Waals surface area contributed by atoms with Crippen LogP contribution >= 0.6 is 11.6 Å². The Morgan fingerprint density at radius 2 is 2.05 bits per heavy atom. The lowest BCUT2D eigenvalue weighted by Crippen LogP contribution is -2.36. The van der Waals surface area contributed by atoms with Crippen molar-refractivity contribution in [2.24, 2.45) is 0 Å². The number of nitro groups is 1. The van der Waals surface area contributed by atoms with Crippen LogP contribution in [0.2, 0.25) is 5.02 Å². The highest BCUT2D eigenvalue weighted by Crippen LogP contribution is 2.21.